The maximum Gasteiger partial charge on any atom is 0.244 e. The maximum atomic E-state index is 13.2. The molecule has 1 saturated heterocycles. The van der Waals surface area contributed by atoms with Gasteiger partial charge in [0, 0.05) is 26.2 Å². The fraction of sp³-hybridized carbons (Fsp3) is 0.474. The Morgan fingerprint density at radius 3 is 2.80 bits per heavy atom. The number of hydrogen-bond donors (Lipinski definition) is 0. The van der Waals surface area contributed by atoms with Crippen LogP contribution in [0, 0.1) is 5.92 Å². The number of sulfonamides is 1. The largest absolute Gasteiger partial charge is 0.297 e. The standard InChI is InChI=1S/C19H22N2O2S2/c22-25(23)18-4-2-1-3-17(18)19(21(25)12-15-5-6-15)8-9-20(14-19)11-16-7-10-24-13-16/h1-4,7,10,13,15H,5-6,8-9,11-12,14H2. The molecular formula is C19H22N2O2S2. The van der Waals surface area contributed by atoms with Crippen LogP contribution < -0.4 is 0 Å². The third-order valence-electron chi connectivity index (χ3n) is 5.87. The van der Waals surface area contributed by atoms with E-state index in [4.69, 9.17) is 0 Å². The predicted octanol–water partition coefficient (Wildman–Crippen LogP) is 3.26. The number of likely N-dealkylation sites (tertiary alicyclic amines) is 1. The smallest absolute Gasteiger partial charge is 0.244 e. The summed E-state index contributed by atoms with van der Waals surface area (Å²) in [5.41, 5.74) is 1.97. The van der Waals surface area contributed by atoms with Gasteiger partial charge in [0.2, 0.25) is 10.0 Å². The van der Waals surface area contributed by atoms with Gasteiger partial charge in [-0.25, -0.2) is 8.42 Å². The molecule has 2 aromatic rings. The molecule has 1 unspecified atom stereocenters. The Labute approximate surface area is 153 Å². The van der Waals surface area contributed by atoms with Gasteiger partial charge in [-0.15, -0.1) is 0 Å². The summed E-state index contributed by atoms with van der Waals surface area (Å²) in [5, 5.41) is 4.29. The van der Waals surface area contributed by atoms with Crippen LogP contribution in [-0.4, -0.2) is 37.3 Å². The summed E-state index contributed by atoms with van der Waals surface area (Å²) < 4.78 is 28.3. The van der Waals surface area contributed by atoms with Crippen LogP contribution in [0.4, 0.5) is 0 Å². The van der Waals surface area contributed by atoms with E-state index in [0.717, 1.165) is 44.5 Å². The van der Waals surface area contributed by atoms with Gasteiger partial charge in [0.25, 0.3) is 0 Å². The van der Waals surface area contributed by atoms with Crippen molar-refractivity contribution in [1.29, 1.82) is 0 Å². The Hall–Kier alpha value is -1.21. The molecule has 1 atom stereocenters. The number of hydrogen-bond acceptors (Lipinski definition) is 4. The van der Waals surface area contributed by atoms with E-state index in [1.165, 1.54) is 5.56 Å². The summed E-state index contributed by atoms with van der Waals surface area (Å²) in [5.74, 6) is 0.548. The topological polar surface area (TPSA) is 40.6 Å². The fourth-order valence-electron chi connectivity index (χ4n) is 4.44. The van der Waals surface area contributed by atoms with Crippen molar-refractivity contribution < 1.29 is 8.42 Å². The lowest BCUT2D eigenvalue weighted by Gasteiger charge is -2.34. The number of rotatable bonds is 4. The summed E-state index contributed by atoms with van der Waals surface area (Å²) in [4.78, 5) is 2.95. The van der Waals surface area contributed by atoms with Gasteiger partial charge in [-0.05, 0) is 59.2 Å². The van der Waals surface area contributed by atoms with Crippen molar-refractivity contribution >= 4 is 21.4 Å². The Morgan fingerprint density at radius 2 is 2.04 bits per heavy atom. The highest BCUT2D eigenvalue weighted by Crippen LogP contribution is 2.51. The van der Waals surface area contributed by atoms with E-state index < -0.39 is 10.0 Å². The molecule has 4 nitrogen and oxygen atoms in total. The van der Waals surface area contributed by atoms with Crippen LogP contribution in [0.1, 0.15) is 30.4 Å². The zero-order chi connectivity index (χ0) is 17.1. The Bertz CT molecular complexity index is 890. The number of nitrogens with zero attached hydrogens (tertiary/aromatic N) is 2. The van der Waals surface area contributed by atoms with Crippen molar-refractivity contribution in [2.24, 2.45) is 5.92 Å². The molecule has 1 saturated carbocycles. The van der Waals surface area contributed by atoms with Gasteiger partial charge in [0.05, 0.1) is 10.4 Å². The minimum absolute atomic E-state index is 0.367. The molecule has 0 amide bonds. The number of benzene rings is 1. The molecule has 3 aliphatic rings. The molecule has 132 valence electrons. The van der Waals surface area contributed by atoms with E-state index >= 15 is 0 Å². The van der Waals surface area contributed by atoms with Gasteiger partial charge in [-0.1, -0.05) is 18.2 Å². The average Bonchev–Trinajstić information content (AvgIpc) is 3.05. The summed E-state index contributed by atoms with van der Waals surface area (Å²) in [7, 11) is -3.37. The molecule has 0 radical (unpaired) electrons. The summed E-state index contributed by atoms with van der Waals surface area (Å²) >= 11 is 1.72. The van der Waals surface area contributed by atoms with E-state index in [0.29, 0.717) is 17.4 Å². The minimum atomic E-state index is -3.37. The van der Waals surface area contributed by atoms with Crippen molar-refractivity contribution in [2.45, 2.75) is 36.2 Å². The van der Waals surface area contributed by atoms with Gasteiger partial charge in [0.15, 0.2) is 0 Å². The van der Waals surface area contributed by atoms with Gasteiger partial charge in [0.1, 0.15) is 0 Å². The van der Waals surface area contributed by atoms with E-state index in [9.17, 15) is 8.42 Å². The van der Waals surface area contributed by atoms with Crippen LogP contribution in [0.25, 0.3) is 0 Å². The summed E-state index contributed by atoms with van der Waals surface area (Å²) in [6.07, 6.45) is 3.22. The minimum Gasteiger partial charge on any atom is -0.297 e. The van der Waals surface area contributed by atoms with Crippen molar-refractivity contribution in [3.8, 4) is 0 Å². The van der Waals surface area contributed by atoms with Gasteiger partial charge in [-0.2, -0.15) is 15.6 Å². The lowest BCUT2D eigenvalue weighted by molar-refractivity contribution is 0.185. The highest BCUT2D eigenvalue weighted by molar-refractivity contribution is 7.89. The van der Waals surface area contributed by atoms with Crippen LogP contribution in [0.2, 0.25) is 0 Å². The number of thiophene rings is 1. The molecule has 3 heterocycles. The normalized spacial score (nSPS) is 28.6. The molecule has 1 spiro atoms. The summed E-state index contributed by atoms with van der Waals surface area (Å²) in [6, 6.07) is 9.83. The lowest BCUT2D eigenvalue weighted by atomic mass is 9.88. The maximum absolute atomic E-state index is 13.2. The van der Waals surface area contributed by atoms with Gasteiger partial charge >= 0.3 is 0 Å². The first kappa shape index (κ1) is 16.0. The Balaban J connectivity index is 1.53. The second kappa shape index (κ2) is 5.64. The first-order valence-corrected chi connectivity index (χ1v) is 11.3. The van der Waals surface area contributed by atoms with Gasteiger partial charge in [-0.3, -0.25) is 4.90 Å². The molecule has 0 N–H and O–H groups in total. The monoisotopic (exact) mass is 374 g/mol. The Morgan fingerprint density at radius 1 is 1.20 bits per heavy atom. The van der Waals surface area contributed by atoms with E-state index in [1.54, 1.807) is 17.4 Å². The fourth-order valence-corrected chi connectivity index (χ4v) is 7.24. The molecule has 2 fully saturated rings. The first-order valence-electron chi connectivity index (χ1n) is 8.95. The zero-order valence-corrected chi connectivity index (χ0v) is 15.7. The molecule has 5 rings (SSSR count). The number of fused-ring (bicyclic) bond motifs is 2. The molecule has 2 aliphatic heterocycles. The molecule has 1 aromatic heterocycles. The van der Waals surface area contributed by atoms with Gasteiger partial charge < -0.3 is 0 Å². The zero-order valence-electron chi connectivity index (χ0n) is 14.1. The van der Waals surface area contributed by atoms with Crippen molar-refractivity contribution in [3.05, 3.63) is 52.2 Å². The quantitative estimate of drug-likeness (QED) is 0.825. The molecule has 6 heteroatoms. The second-order valence-corrected chi connectivity index (χ2v) is 10.2. The summed E-state index contributed by atoms with van der Waals surface area (Å²) in [6.45, 7) is 3.33. The van der Waals surface area contributed by atoms with E-state index in [2.05, 4.69) is 21.7 Å². The van der Waals surface area contributed by atoms with E-state index in [-0.39, 0.29) is 5.54 Å². The van der Waals surface area contributed by atoms with Crippen LogP contribution >= 0.6 is 11.3 Å². The second-order valence-electron chi connectivity index (χ2n) is 7.60. The van der Waals surface area contributed by atoms with Crippen LogP contribution in [0.5, 0.6) is 0 Å². The van der Waals surface area contributed by atoms with Crippen molar-refractivity contribution in [2.75, 3.05) is 19.6 Å². The third-order valence-corrected chi connectivity index (χ3v) is 8.59. The molecule has 0 bridgehead atoms. The molecule has 1 aromatic carbocycles. The van der Waals surface area contributed by atoms with E-state index in [1.807, 2.05) is 22.5 Å². The van der Waals surface area contributed by atoms with Crippen LogP contribution in [0.15, 0.2) is 46.0 Å². The Kier molecular flexibility index (Phi) is 3.61. The SMILES string of the molecule is O=S1(=O)c2ccccc2C2(CCN(Cc3ccsc3)C2)N1CC1CC1. The molecule has 1 aliphatic carbocycles. The average molecular weight is 375 g/mol. The van der Waals surface area contributed by atoms with Crippen molar-refractivity contribution in [1.82, 2.24) is 9.21 Å². The predicted molar refractivity (Wildman–Crippen MR) is 98.9 cm³/mol. The first-order chi connectivity index (χ1) is 12.1. The molecular weight excluding hydrogens is 352 g/mol. The van der Waals surface area contributed by atoms with Crippen LogP contribution in [-0.2, 0) is 22.1 Å². The van der Waals surface area contributed by atoms with Crippen LogP contribution in [0.3, 0.4) is 0 Å². The third kappa shape index (κ3) is 2.50. The van der Waals surface area contributed by atoms with Crippen molar-refractivity contribution in [3.63, 3.8) is 0 Å². The highest BCUT2D eigenvalue weighted by Gasteiger charge is 2.57. The molecule has 25 heavy (non-hydrogen) atoms. The lowest BCUT2D eigenvalue weighted by Crippen LogP contribution is -2.46. The highest BCUT2D eigenvalue weighted by atomic mass is 32.2.